The highest BCUT2D eigenvalue weighted by molar-refractivity contribution is 5.96. The molecule has 0 bridgehead atoms. The second-order valence-electron chi connectivity index (χ2n) is 3.64. The number of hydrogen-bond donors (Lipinski definition) is 1. The van der Waals surface area contributed by atoms with Crippen molar-refractivity contribution >= 4 is 5.97 Å². The summed E-state index contributed by atoms with van der Waals surface area (Å²) in [6, 6.07) is 7.07. The van der Waals surface area contributed by atoms with Gasteiger partial charge in [0.25, 0.3) is 0 Å². The molecule has 1 aromatic heterocycles. The molecule has 16 heavy (non-hydrogen) atoms. The summed E-state index contributed by atoms with van der Waals surface area (Å²) >= 11 is 0. The fourth-order valence-electron chi connectivity index (χ4n) is 1.81. The van der Waals surface area contributed by atoms with Crippen LogP contribution in [-0.4, -0.2) is 20.9 Å². The van der Waals surface area contributed by atoms with Crippen LogP contribution in [-0.2, 0) is 7.05 Å². The number of hydrogen-bond acceptors (Lipinski definition) is 2. The minimum absolute atomic E-state index is 0.309. The van der Waals surface area contributed by atoms with Crippen LogP contribution >= 0.6 is 0 Å². The number of nitrogens with zero attached hydrogens (tertiary/aromatic N) is 2. The highest BCUT2D eigenvalue weighted by atomic mass is 16.4. The van der Waals surface area contributed by atoms with Crippen LogP contribution in [0, 0.1) is 6.92 Å². The Labute approximate surface area is 93.1 Å². The second-order valence-corrected chi connectivity index (χ2v) is 3.64. The van der Waals surface area contributed by atoms with E-state index >= 15 is 0 Å². The van der Waals surface area contributed by atoms with Gasteiger partial charge in [0.15, 0.2) is 0 Å². The molecule has 0 atom stereocenters. The zero-order valence-corrected chi connectivity index (χ0v) is 9.14. The summed E-state index contributed by atoms with van der Waals surface area (Å²) in [6.45, 7) is 1.90. The van der Waals surface area contributed by atoms with Crippen LogP contribution in [0.5, 0.6) is 0 Å². The minimum Gasteiger partial charge on any atom is -0.478 e. The molecule has 0 spiro atoms. The Morgan fingerprint density at radius 3 is 2.69 bits per heavy atom. The third-order valence-electron chi connectivity index (χ3n) is 2.58. The molecular weight excluding hydrogens is 204 g/mol. The molecule has 0 aliphatic rings. The third-order valence-corrected chi connectivity index (χ3v) is 2.58. The van der Waals surface area contributed by atoms with Crippen LogP contribution in [0.15, 0.2) is 30.5 Å². The molecule has 0 aliphatic carbocycles. The lowest BCUT2D eigenvalue weighted by molar-refractivity contribution is 0.0697. The van der Waals surface area contributed by atoms with Crippen molar-refractivity contribution in [2.24, 2.45) is 7.05 Å². The maximum atomic E-state index is 11.2. The molecule has 0 fully saturated rings. The van der Waals surface area contributed by atoms with Crippen molar-refractivity contribution in [2.75, 3.05) is 0 Å². The zero-order chi connectivity index (χ0) is 11.7. The summed E-state index contributed by atoms with van der Waals surface area (Å²) < 4.78 is 1.68. The van der Waals surface area contributed by atoms with E-state index in [4.69, 9.17) is 5.11 Å². The summed E-state index contributed by atoms with van der Waals surface area (Å²) in [5.74, 6) is -0.917. The lowest BCUT2D eigenvalue weighted by Gasteiger charge is -2.09. The zero-order valence-electron chi connectivity index (χ0n) is 9.14. The van der Waals surface area contributed by atoms with E-state index in [0.717, 1.165) is 16.8 Å². The van der Waals surface area contributed by atoms with Gasteiger partial charge in [-0.25, -0.2) is 4.79 Å². The Morgan fingerprint density at radius 2 is 2.12 bits per heavy atom. The van der Waals surface area contributed by atoms with E-state index < -0.39 is 5.97 Å². The lowest BCUT2D eigenvalue weighted by atomic mass is 9.99. The van der Waals surface area contributed by atoms with Crippen molar-refractivity contribution in [1.82, 2.24) is 9.78 Å². The van der Waals surface area contributed by atoms with Crippen molar-refractivity contribution in [1.29, 1.82) is 0 Å². The predicted molar refractivity (Wildman–Crippen MR) is 60.3 cm³/mol. The lowest BCUT2D eigenvalue weighted by Crippen LogP contribution is -2.04. The predicted octanol–water partition coefficient (Wildman–Crippen LogP) is 2.09. The smallest absolute Gasteiger partial charge is 0.336 e. The average Bonchev–Trinajstić information content (AvgIpc) is 2.64. The second kappa shape index (κ2) is 3.81. The molecule has 1 N–H and O–H groups in total. The highest BCUT2D eigenvalue weighted by Crippen LogP contribution is 2.26. The van der Waals surface area contributed by atoms with E-state index in [1.54, 1.807) is 30.1 Å². The Kier molecular flexibility index (Phi) is 2.48. The molecule has 4 heteroatoms. The first-order valence-corrected chi connectivity index (χ1v) is 4.92. The Bertz CT molecular complexity index is 544. The molecule has 0 saturated heterocycles. The van der Waals surface area contributed by atoms with Gasteiger partial charge in [0.2, 0.25) is 0 Å². The number of aromatic nitrogens is 2. The standard InChI is InChI=1S/C12H12N2O2/c1-8-4-3-5-9(12(15)16)11(8)10-6-7-13-14(10)2/h3-7H,1-2H3,(H,15,16). The van der Waals surface area contributed by atoms with Crippen molar-refractivity contribution < 1.29 is 9.90 Å². The van der Waals surface area contributed by atoms with Crippen LogP contribution < -0.4 is 0 Å². The van der Waals surface area contributed by atoms with Gasteiger partial charge in [0.05, 0.1) is 11.3 Å². The van der Waals surface area contributed by atoms with Crippen LogP contribution in [0.1, 0.15) is 15.9 Å². The van der Waals surface area contributed by atoms with Gasteiger partial charge in [0, 0.05) is 18.8 Å². The summed E-state index contributed by atoms with van der Waals surface area (Å²) in [7, 11) is 1.80. The summed E-state index contributed by atoms with van der Waals surface area (Å²) in [5, 5.41) is 13.2. The van der Waals surface area contributed by atoms with Gasteiger partial charge in [-0.3, -0.25) is 4.68 Å². The van der Waals surface area contributed by atoms with Crippen LogP contribution in [0.4, 0.5) is 0 Å². The maximum absolute atomic E-state index is 11.2. The van der Waals surface area contributed by atoms with Crippen molar-refractivity contribution in [3.8, 4) is 11.3 Å². The quantitative estimate of drug-likeness (QED) is 0.836. The minimum atomic E-state index is -0.917. The SMILES string of the molecule is Cc1cccc(C(=O)O)c1-c1ccnn1C. The van der Waals surface area contributed by atoms with Gasteiger partial charge in [-0.05, 0) is 24.6 Å². The molecule has 82 valence electrons. The Hall–Kier alpha value is -2.10. The molecule has 0 unspecified atom stereocenters. The molecule has 1 aromatic carbocycles. The number of carboxylic acid groups (broad SMARTS) is 1. The fourth-order valence-corrected chi connectivity index (χ4v) is 1.81. The summed E-state index contributed by atoms with van der Waals surface area (Å²) in [4.78, 5) is 11.2. The van der Waals surface area contributed by atoms with Crippen molar-refractivity contribution in [3.05, 3.63) is 41.6 Å². The first-order chi connectivity index (χ1) is 7.61. The van der Waals surface area contributed by atoms with Crippen LogP contribution in [0.3, 0.4) is 0 Å². The van der Waals surface area contributed by atoms with Gasteiger partial charge in [-0.15, -0.1) is 0 Å². The number of carbonyl (C=O) groups is 1. The van der Waals surface area contributed by atoms with Gasteiger partial charge in [-0.1, -0.05) is 12.1 Å². The van der Waals surface area contributed by atoms with E-state index in [9.17, 15) is 4.79 Å². The Morgan fingerprint density at radius 1 is 1.38 bits per heavy atom. The van der Waals surface area contributed by atoms with Crippen LogP contribution in [0.25, 0.3) is 11.3 Å². The largest absolute Gasteiger partial charge is 0.478 e. The van der Waals surface area contributed by atoms with Gasteiger partial charge >= 0.3 is 5.97 Å². The molecule has 0 radical (unpaired) electrons. The molecule has 2 aromatic rings. The highest BCUT2D eigenvalue weighted by Gasteiger charge is 2.15. The summed E-state index contributed by atoms with van der Waals surface area (Å²) in [6.07, 6.45) is 1.66. The molecule has 1 heterocycles. The fraction of sp³-hybridized carbons (Fsp3) is 0.167. The maximum Gasteiger partial charge on any atom is 0.336 e. The third kappa shape index (κ3) is 1.58. The number of benzene rings is 1. The topological polar surface area (TPSA) is 55.1 Å². The number of aryl methyl sites for hydroxylation is 2. The van der Waals surface area contributed by atoms with E-state index in [1.165, 1.54) is 0 Å². The van der Waals surface area contributed by atoms with E-state index in [1.807, 2.05) is 19.1 Å². The Balaban J connectivity index is 2.73. The van der Waals surface area contributed by atoms with Crippen molar-refractivity contribution in [2.45, 2.75) is 6.92 Å². The molecule has 0 saturated carbocycles. The molecule has 2 rings (SSSR count). The average molecular weight is 216 g/mol. The van der Waals surface area contributed by atoms with Gasteiger partial charge < -0.3 is 5.11 Å². The van der Waals surface area contributed by atoms with E-state index in [-0.39, 0.29) is 0 Å². The molecule has 0 aliphatic heterocycles. The van der Waals surface area contributed by atoms with Crippen LogP contribution in [0.2, 0.25) is 0 Å². The first kappa shape index (κ1) is 10.4. The van der Waals surface area contributed by atoms with E-state index in [0.29, 0.717) is 5.56 Å². The number of carboxylic acids is 1. The normalized spacial score (nSPS) is 10.4. The van der Waals surface area contributed by atoms with Crippen molar-refractivity contribution in [3.63, 3.8) is 0 Å². The number of rotatable bonds is 2. The monoisotopic (exact) mass is 216 g/mol. The number of aromatic carboxylic acids is 1. The molecule has 4 nitrogen and oxygen atoms in total. The van der Waals surface area contributed by atoms with E-state index in [2.05, 4.69) is 5.10 Å². The van der Waals surface area contributed by atoms with Gasteiger partial charge in [0.1, 0.15) is 0 Å². The van der Waals surface area contributed by atoms with Gasteiger partial charge in [-0.2, -0.15) is 5.10 Å². The molecule has 0 amide bonds. The summed E-state index contributed by atoms with van der Waals surface area (Å²) in [5.41, 5.74) is 2.79. The molecular formula is C12H12N2O2. The first-order valence-electron chi connectivity index (χ1n) is 4.92.